The molecular weight excluding hydrogens is 212 g/mol. The van der Waals surface area contributed by atoms with Crippen LogP contribution in [0.2, 0.25) is 0 Å². The molecule has 1 aromatic carbocycles. The number of rotatable bonds is 6. The van der Waals surface area contributed by atoms with Crippen LogP contribution in [-0.4, -0.2) is 26.0 Å². The summed E-state index contributed by atoms with van der Waals surface area (Å²) in [7, 11) is 1.81. The van der Waals surface area contributed by atoms with E-state index in [-0.39, 0.29) is 5.91 Å². The highest BCUT2D eigenvalue weighted by molar-refractivity contribution is 5.94. The number of nitrogens with one attached hydrogen (secondary N) is 1. The van der Waals surface area contributed by atoms with Crippen molar-refractivity contribution in [3.8, 4) is 0 Å². The van der Waals surface area contributed by atoms with Crippen molar-refractivity contribution in [1.29, 1.82) is 0 Å². The molecule has 0 saturated carbocycles. The summed E-state index contributed by atoms with van der Waals surface area (Å²) in [4.78, 5) is 13.5. The van der Waals surface area contributed by atoms with Crippen LogP contribution >= 0.6 is 0 Å². The second-order valence-electron chi connectivity index (χ2n) is 4.32. The number of aryl methyl sites for hydroxylation is 1. The Hall–Kier alpha value is -1.35. The molecule has 3 nitrogen and oxygen atoms in total. The molecule has 17 heavy (non-hydrogen) atoms. The van der Waals surface area contributed by atoms with Gasteiger partial charge in [0.05, 0.1) is 6.54 Å². The van der Waals surface area contributed by atoms with E-state index in [1.165, 1.54) is 5.56 Å². The number of carbonyl (C=O) groups excluding carboxylic acids is 1. The molecule has 0 aromatic heterocycles. The van der Waals surface area contributed by atoms with Crippen LogP contribution in [0, 0.1) is 6.92 Å². The zero-order valence-corrected chi connectivity index (χ0v) is 11.0. The Bertz CT molecular complexity index is 346. The number of hydrogen-bond donors (Lipinski definition) is 1. The minimum absolute atomic E-state index is 0.102. The number of hydrogen-bond acceptors (Lipinski definition) is 2. The maximum Gasteiger partial charge on any atom is 0.240 e. The van der Waals surface area contributed by atoms with E-state index in [0.717, 1.165) is 25.1 Å². The Balaban J connectivity index is 2.43. The molecule has 0 spiro atoms. The van der Waals surface area contributed by atoms with Gasteiger partial charge in [-0.05, 0) is 32.0 Å². The molecule has 0 saturated heterocycles. The summed E-state index contributed by atoms with van der Waals surface area (Å²) in [5.74, 6) is 0.102. The van der Waals surface area contributed by atoms with E-state index in [1.807, 2.05) is 38.2 Å². The van der Waals surface area contributed by atoms with Crippen molar-refractivity contribution in [3.05, 3.63) is 29.8 Å². The lowest BCUT2D eigenvalue weighted by molar-refractivity contribution is -0.117. The molecule has 0 aliphatic heterocycles. The highest BCUT2D eigenvalue weighted by Crippen LogP contribution is 2.13. The van der Waals surface area contributed by atoms with Gasteiger partial charge in [-0.25, -0.2) is 0 Å². The first-order chi connectivity index (χ1) is 8.15. The average molecular weight is 234 g/mol. The third-order valence-corrected chi connectivity index (χ3v) is 2.78. The Morgan fingerprint density at radius 2 is 1.94 bits per heavy atom. The second-order valence-corrected chi connectivity index (χ2v) is 4.32. The fourth-order valence-electron chi connectivity index (χ4n) is 1.53. The molecule has 94 valence electrons. The maximum atomic E-state index is 11.9. The largest absolute Gasteiger partial charge is 0.314 e. The van der Waals surface area contributed by atoms with Gasteiger partial charge in [0.2, 0.25) is 5.91 Å². The molecule has 0 aliphatic rings. The normalized spacial score (nSPS) is 10.3. The first-order valence-electron chi connectivity index (χ1n) is 6.19. The summed E-state index contributed by atoms with van der Waals surface area (Å²) in [5, 5.41) is 3.16. The monoisotopic (exact) mass is 234 g/mol. The van der Waals surface area contributed by atoms with Crippen molar-refractivity contribution in [2.45, 2.75) is 26.7 Å². The molecular formula is C14H22N2O. The number of benzene rings is 1. The van der Waals surface area contributed by atoms with Gasteiger partial charge in [-0.3, -0.25) is 4.79 Å². The van der Waals surface area contributed by atoms with Crippen LogP contribution in [0.3, 0.4) is 0 Å². The molecule has 0 bridgehead atoms. The highest BCUT2D eigenvalue weighted by atomic mass is 16.2. The average Bonchev–Trinajstić information content (AvgIpc) is 2.34. The summed E-state index contributed by atoms with van der Waals surface area (Å²) in [6.07, 6.45) is 2.26. The van der Waals surface area contributed by atoms with E-state index in [1.54, 1.807) is 4.90 Å². The van der Waals surface area contributed by atoms with E-state index in [9.17, 15) is 4.79 Å². The molecule has 0 unspecified atom stereocenters. The van der Waals surface area contributed by atoms with Crippen LogP contribution < -0.4 is 10.2 Å². The minimum atomic E-state index is 0.102. The van der Waals surface area contributed by atoms with E-state index < -0.39 is 0 Å². The zero-order valence-electron chi connectivity index (χ0n) is 11.0. The SMILES string of the molecule is CCCCNCC(=O)N(C)c1ccc(C)cc1. The molecule has 3 heteroatoms. The Morgan fingerprint density at radius 3 is 2.53 bits per heavy atom. The summed E-state index contributed by atoms with van der Waals surface area (Å²) >= 11 is 0. The van der Waals surface area contributed by atoms with Gasteiger partial charge in [0.15, 0.2) is 0 Å². The van der Waals surface area contributed by atoms with E-state index >= 15 is 0 Å². The zero-order chi connectivity index (χ0) is 12.7. The predicted octanol–water partition coefficient (Wildman–Crippen LogP) is 2.35. The smallest absolute Gasteiger partial charge is 0.240 e. The number of anilines is 1. The van der Waals surface area contributed by atoms with E-state index in [2.05, 4.69) is 12.2 Å². The summed E-state index contributed by atoms with van der Waals surface area (Å²) in [5.41, 5.74) is 2.15. The first-order valence-corrected chi connectivity index (χ1v) is 6.19. The molecule has 0 heterocycles. The van der Waals surface area contributed by atoms with E-state index in [0.29, 0.717) is 6.54 Å². The first kappa shape index (κ1) is 13.7. The van der Waals surface area contributed by atoms with Crippen molar-refractivity contribution >= 4 is 11.6 Å². The summed E-state index contributed by atoms with van der Waals surface area (Å²) in [6, 6.07) is 7.98. The molecule has 0 radical (unpaired) electrons. The van der Waals surface area contributed by atoms with Crippen molar-refractivity contribution < 1.29 is 4.79 Å². The molecule has 0 aliphatic carbocycles. The van der Waals surface area contributed by atoms with Crippen LogP contribution in [0.5, 0.6) is 0 Å². The number of amides is 1. The number of nitrogens with zero attached hydrogens (tertiary/aromatic N) is 1. The Morgan fingerprint density at radius 1 is 1.29 bits per heavy atom. The lowest BCUT2D eigenvalue weighted by Crippen LogP contribution is -2.35. The fourth-order valence-corrected chi connectivity index (χ4v) is 1.53. The van der Waals surface area contributed by atoms with Crippen molar-refractivity contribution in [2.24, 2.45) is 0 Å². The molecule has 1 amide bonds. The van der Waals surface area contributed by atoms with Gasteiger partial charge in [-0.1, -0.05) is 31.0 Å². The van der Waals surface area contributed by atoms with Crippen molar-refractivity contribution in [1.82, 2.24) is 5.32 Å². The van der Waals surface area contributed by atoms with E-state index in [4.69, 9.17) is 0 Å². The maximum absolute atomic E-state index is 11.9. The number of likely N-dealkylation sites (N-methyl/N-ethyl adjacent to an activating group) is 1. The fraction of sp³-hybridized carbons (Fsp3) is 0.500. The summed E-state index contributed by atoms with van der Waals surface area (Å²) in [6.45, 7) is 5.49. The second kappa shape index (κ2) is 7.07. The molecule has 1 rings (SSSR count). The van der Waals surface area contributed by atoms with Crippen LogP contribution in [0.4, 0.5) is 5.69 Å². The van der Waals surface area contributed by atoms with Gasteiger partial charge in [-0.2, -0.15) is 0 Å². The van der Waals surface area contributed by atoms with Crippen LogP contribution in [0.1, 0.15) is 25.3 Å². The topological polar surface area (TPSA) is 32.3 Å². The van der Waals surface area contributed by atoms with Gasteiger partial charge in [0, 0.05) is 12.7 Å². The quantitative estimate of drug-likeness (QED) is 0.766. The van der Waals surface area contributed by atoms with Crippen LogP contribution in [0.15, 0.2) is 24.3 Å². The van der Waals surface area contributed by atoms with Gasteiger partial charge in [0.1, 0.15) is 0 Å². The predicted molar refractivity (Wildman–Crippen MR) is 72.4 cm³/mol. The van der Waals surface area contributed by atoms with Crippen LogP contribution in [0.25, 0.3) is 0 Å². The highest BCUT2D eigenvalue weighted by Gasteiger charge is 2.09. The summed E-state index contributed by atoms with van der Waals surface area (Å²) < 4.78 is 0. The molecule has 0 fully saturated rings. The minimum Gasteiger partial charge on any atom is -0.314 e. The molecule has 1 aromatic rings. The third-order valence-electron chi connectivity index (χ3n) is 2.78. The third kappa shape index (κ3) is 4.57. The van der Waals surface area contributed by atoms with Crippen LogP contribution in [-0.2, 0) is 4.79 Å². The lowest BCUT2D eigenvalue weighted by Gasteiger charge is -2.17. The van der Waals surface area contributed by atoms with Crippen molar-refractivity contribution in [2.75, 3.05) is 25.0 Å². The van der Waals surface area contributed by atoms with Gasteiger partial charge in [0.25, 0.3) is 0 Å². The Kier molecular flexibility index (Phi) is 5.70. The standard InChI is InChI=1S/C14H22N2O/c1-4-5-10-15-11-14(17)16(3)13-8-6-12(2)7-9-13/h6-9,15H,4-5,10-11H2,1-3H3. The van der Waals surface area contributed by atoms with Gasteiger partial charge < -0.3 is 10.2 Å². The Labute approximate surface area is 104 Å². The molecule has 0 atom stereocenters. The number of carbonyl (C=O) groups is 1. The lowest BCUT2D eigenvalue weighted by atomic mass is 10.2. The van der Waals surface area contributed by atoms with Gasteiger partial charge in [-0.15, -0.1) is 0 Å². The number of unbranched alkanes of at least 4 members (excludes halogenated alkanes) is 1. The molecule has 1 N–H and O–H groups in total. The van der Waals surface area contributed by atoms with Crippen molar-refractivity contribution in [3.63, 3.8) is 0 Å². The van der Waals surface area contributed by atoms with Gasteiger partial charge >= 0.3 is 0 Å².